The van der Waals surface area contributed by atoms with E-state index in [1.165, 1.54) is 4.90 Å². The molecule has 1 aromatic rings. The number of carbonyl (C=O) groups is 6. The first-order valence-corrected chi connectivity index (χ1v) is 18.4. The molecule has 1 heterocycles. The van der Waals surface area contributed by atoms with Gasteiger partial charge in [0.1, 0.15) is 17.6 Å². The van der Waals surface area contributed by atoms with E-state index in [0.717, 1.165) is 44.1 Å². The van der Waals surface area contributed by atoms with Gasteiger partial charge in [-0.05, 0) is 54.4 Å². The lowest BCUT2D eigenvalue weighted by atomic mass is 9.80. The maximum absolute atomic E-state index is 14.5. The minimum atomic E-state index is -1.11. The molecule has 50 heavy (non-hydrogen) atoms. The SMILES string of the molecule is CC(C)C1CCN(C(=O)[C@@H](NC(=O)NC2(C(=O)N(C)Cc3ccccc3)CCCCC2)C(C)(C)C)[C@@H]1C(=O)NC(CC1CCC1)C(=O)C(N)=O. The molecule has 2 unspecified atom stereocenters. The van der Waals surface area contributed by atoms with Gasteiger partial charge in [0.25, 0.3) is 5.91 Å². The second-order valence-corrected chi connectivity index (χ2v) is 16.2. The van der Waals surface area contributed by atoms with E-state index in [-0.39, 0.29) is 23.7 Å². The Labute approximate surface area is 297 Å². The molecule has 2 aliphatic carbocycles. The molecule has 0 spiro atoms. The van der Waals surface area contributed by atoms with Gasteiger partial charge < -0.3 is 31.5 Å². The van der Waals surface area contributed by atoms with Crippen LogP contribution < -0.4 is 21.7 Å². The predicted octanol–water partition coefficient (Wildman–Crippen LogP) is 3.66. The smallest absolute Gasteiger partial charge is 0.316 e. The first-order valence-electron chi connectivity index (χ1n) is 18.4. The lowest BCUT2D eigenvalue weighted by Gasteiger charge is -2.41. The highest BCUT2D eigenvalue weighted by molar-refractivity contribution is 6.37. The standard InChI is InChI=1S/C38H58N6O6/c1-24(2)27-18-21-44(29(27)33(47)40-28(30(45)32(39)46)22-25-16-13-17-25)34(48)31(37(3,4)5)41-36(50)42-38(19-11-8-12-20-38)35(49)43(6)23-26-14-9-7-10-15-26/h7,9-10,14-15,24-25,27-29,31H,8,11-13,16-23H2,1-6H3,(H2,39,46)(H,40,47)(H2,41,42,50)/t27?,28?,29-,31+/m0/s1. The summed E-state index contributed by atoms with van der Waals surface area (Å²) in [4.78, 5) is 84.2. The zero-order valence-corrected chi connectivity index (χ0v) is 30.8. The molecule has 12 nitrogen and oxygen atoms in total. The van der Waals surface area contributed by atoms with E-state index in [9.17, 15) is 28.8 Å². The summed E-state index contributed by atoms with van der Waals surface area (Å²) in [5.41, 5.74) is 4.47. The minimum absolute atomic E-state index is 0.0369. The highest BCUT2D eigenvalue weighted by Gasteiger charge is 2.49. The fraction of sp³-hybridized carbons (Fsp3) is 0.684. The Morgan fingerprint density at radius 2 is 1.58 bits per heavy atom. The first-order chi connectivity index (χ1) is 23.5. The number of amides is 6. The maximum atomic E-state index is 14.5. The molecule has 0 aromatic heterocycles. The molecular weight excluding hydrogens is 636 g/mol. The van der Waals surface area contributed by atoms with Crippen LogP contribution in [0, 0.1) is 23.2 Å². The van der Waals surface area contributed by atoms with Crippen molar-refractivity contribution in [3.05, 3.63) is 35.9 Å². The monoisotopic (exact) mass is 694 g/mol. The second kappa shape index (κ2) is 16.4. The van der Waals surface area contributed by atoms with E-state index in [2.05, 4.69) is 16.0 Å². The van der Waals surface area contributed by atoms with E-state index >= 15 is 0 Å². The van der Waals surface area contributed by atoms with E-state index in [1.807, 2.05) is 65.0 Å². The molecular formula is C38H58N6O6. The van der Waals surface area contributed by atoms with Crippen LogP contribution in [0.2, 0.25) is 0 Å². The number of urea groups is 1. The summed E-state index contributed by atoms with van der Waals surface area (Å²) < 4.78 is 0. The third kappa shape index (κ3) is 9.23. The number of nitrogens with two attached hydrogens (primary N) is 1. The summed E-state index contributed by atoms with van der Waals surface area (Å²) >= 11 is 0. The average Bonchev–Trinajstić information content (AvgIpc) is 3.50. The van der Waals surface area contributed by atoms with Crippen molar-refractivity contribution in [3.8, 4) is 0 Å². The summed E-state index contributed by atoms with van der Waals surface area (Å²) in [6, 6.07) is 6.08. The molecule has 3 fully saturated rings. The van der Waals surface area contributed by atoms with E-state index in [0.29, 0.717) is 38.8 Å². The van der Waals surface area contributed by atoms with Gasteiger partial charge in [0.2, 0.25) is 23.5 Å². The topological polar surface area (TPSA) is 171 Å². The Bertz CT molecular complexity index is 1400. The molecule has 12 heteroatoms. The quantitative estimate of drug-likeness (QED) is 0.230. The van der Waals surface area contributed by atoms with Crippen LogP contribution in [0.25, 0.3) is 0 Å². The number of hydrogen-bond acceptors (Lipinski definition) is 6. The van der Waals surface area contributed by atoms with E-state index in [1.54, 1.807) is 11.9 Å². The summed E-state index contributed by atoms with van der Waals surface area (Å²) in [7, 11) is 1.74. The summed E-state index contributed by atoms with van der Waals surface area (Å²) in [5, 5.41) is 8.72. The number of nitrogens with one attached hydrogen (secondary N) is 3. The molecule has 0 radical (unpaired) electrons. The van der Waals surface area contributed by atoms with Crippen LogP contribution in [0.1, 0.15) is 104 Å². The van der Waals surface area contributed by atoms with Crippen molar-refractivity contribution in [3.63, 3.8) is 0 Å². The van der Waals surface area contributed by atoms with Crippen molar-refractivity contribution in [1.82, 2.24) is 25.8 Å². The molecule has 1 aliphatic heterocycles. The van der Waals surface area contributed by atoms with Crippen molar-refractivity contribution in [2.75, 3.05) is 13.6 Å². The fourth-order valence-corrected chi connectivity index (χ4v) is 7.86. The molecule has 276 valence electrons. The molecule has 1 aromatic carbocycles. The second-order valence-electron chi connectivity index (χ2n) is 16.2. The molecule has 3 aliphatic rings. The number of carbonyl (C=O) groups excluding carboxylic acids is 6. The number of Topliss-reactive ketones (excluding diaryl/α,β-unsaturated/α-hetero) is 1. The van der Waals surface area contributed by atoms with Gasteiger partial charge in [-0.15, -0.1) is 0 Å². The van der Waals surface area contributed by atoms with Crippen LogP contribution in [0.4, 0.5) is 4.79 Å². The lowest BCUT2D eigenvalue weighted by molar-refractivity contribution is -0.144. The van der Waals surface area contributed by atoms with Crippen molar-refractivity contribution < 1.29 is 28.8 Å². The zero-order chi connectivity index (χ0) is 36.8. The Morgan fingerprint density at radius 1 is 0.940 bits per heavy atom. The molecule has 2 saturated carbocycles. The van der Waals surface area contributed by atoms with Crippen molar-refractivity contribution >= 4 is 35.4 Å². The number of nitrogens with zero attached hydrogens (tertiary/aromatic N) is 2. The summed E-state index contributed by atoms with van der Waals surface area (Å²) in [6.07, 6.45) is 7.27. The largest absolute Gasteiger partial charge is 0.363 e. The number of primary amides is 1. The molecule has 1 saturated heterocycles. The van der Waals surface area contributed by atoms with Crippen molar-refractivity contribution in [1.29, 1.82) is 0 Å². The van der Waals surface area contributed by atoms with Crippen molar-refractivity contribution in [2.45, 2.75) is 129 Å². The minimum Gasteiger partial charge on any atom is -0.363 e. The third-order valence-electron chi connectivity index (χ3n) is 11.0. The normalized spacial score (nSPS) is 21.8. The number of ketones is 1. The lowest BCUT2D eigenvalue weighted by Crippen LogP contribution is -2.65. The summed E-state index contributed by atoms with van der Waals surface area (Å²) in [6.45, 7) is 10.2. The van der Waals surface area contributed by atoms with Crippen LogP contribution in [-0.2, 0) is 30.5 Å². The van der Waals surface area contributed by atoms with Crippen molar-refractivity contribution in [2.24, 2.45) is 28.9 Å². The van der Waals surface area contributed by atoms with Gasteiger partial charge in [0.15, 0.2) is 0 Å². The van der Waals surface area contributed by atoms with Gasteiger partial charge in [-0.25, -0.2) is 4.79 Å². The fourth-order valence-electron chi connectivity index (χ4n) is 7.86. The van der Waals surface area contributed by atoms with Crippen LogP contribution in [0.5, 0.6) is 0 Å². The molecule has 5 N–H and O–H groups in total. The Hall–Kier alpha value is -3.96. The highest BCUT2D eigenvalue weighted by atomic mass is 16.2. The number of benzene rings is 1. The molecule has 6 amide bonds. The third-order valence-corrected chi connectivity index (χ3v) is 11.0. The Morgan fingerprint density at radius 3 is 2.12 bits per heavy atom. The van der Waals surface area contributed by atoms with Crippen LogP contribution >= 0.6 is 0 Å². The van der Waals surface area contributed by atoms with Gasteiger partial charge in [-0.2, -0.15) is 0 Å². The Balaban J connectivity index is 1.54. The highest BCUT2D eigenvalue weighted by Crippen LogP contribution is 2.35. The zero-order valence-electron chi connectivity index (χ0n) is 30.8. The predicted molar refractivity (Wildman–Crippen MR) is 190 cm³/mol. The number of hydrogen-bond donors (Lipinski definition) is 4. The van der Waals surface area contributed by atoms with Crippen LogP contribution in [0.3, 0.4) is 0 Å². The van der Waals surface area contributed by atoms with Crippen LogP contribution in [-0.4, -0.2) is 82.5 Å². The first kappa shape index (κ1) is 38.8. The van der Waals surface area contributed by atoms with Gasteiger partial charge in [0.05, 0.1) is 6.04 Å². The number of likely N-dealkylation sites (N-methyl/N-ethyl adjacent to an activating group) is 1. The number of likely N-dealkylation sites (tertiary alicyclic amines) is 1. The van der Waals surface area contributed by atoms with Crippen LogP contribution in [0.15, 0.2) is 30.3 Å². The molecule has 4 atom stereocenters. The van der Waals surface area contributed by atoms with Gasteiger partial charge in [0, 0.05) is 20.1 Å². The van der Waals surface area contributed by atoms with Gasteiger partial charge >= 0.3 is 6.03 Å². The van der Waals surface area contributed by atoms with E-state index in [4.69, 9.17) is 5.73 Å². The summed E-state index contributed by atoms with van der Waals surface area (Å²) in [5.74, 6) is -2.98. The van der Waals surface area contributed by atoms with Gasteiger partial charge in [-0.1, -0.05) is 103 Å². The Kier molecular flexibility index (Phi) is 12.7. The maximum Gasteiger partial charge on any atom is 0.316 e. The van der Waals surface area contributed by atoms with Gasteiger partial charge in [-0.3, -0.25) is 24.0 Å². The molecule has 0 bridgehead atoms. The number of rotatable bonds is 13. The van der Waals surface area contributed by atoms with E-state index < -0.39 is 58.6 Å². The molecule has 4 rings (SSSR count). The average molecular weight is 695 g/mol.